The van der Waals surface area contributed by atoms with E-state index in [0.717, 1.165) is 31.3 Å². The van der Waals surface area contributed by atoms with Crippen molar-refractivity contribution in [2.24, 2.45) is 9.98 Å². The fraction of sp³-hybridized carbons (Fsp3) is 0.0769. The Hall–Kier alpha value is -4.27. The molecule has 15 nitrogen and oxygen atoms in total. The Morgan fingerprint density at radius 1 is 0.966 bits per heavy atom. The number of nitro groups is 2. The maximum absolute atomic E-state index is 10.3. The Kier molecular flexibility index (Phi) is 7.82. The third-order valence-electron chi connectivity index (χ3n) is 2.72. The van der Waals surface area contributed by atoms with E-state index in [4.69, 9.17) is 11.6 Å². The molecule has 1 aliphatic rings. The van der Waals surface area contributed by atoms with Crippen molar-refractivity contribution in [3.8, 4) is 5.95 Å². The van der Waals surface area contributed by atoms with Crippen molar-refractivity contribution in [1.82, 2.24) is 34.7 Å². The van der Waals surface area contributed by atoms with Gasteiger partial charge in [0.25, 0.3) is 5.95 Å². The molecule has 0 aromatic carbocycles. The van der Waals surface area contributed by atoms with E-state index in [1.165, 1.54) is 17.3 Å². The van der Waals surface area contributed by atoms with Gasteiger partial charge < -0.3 is 0 Å². The molecule has 3 aromatic heterocycles. The second-order valence-corrected chi connectivity index (χ2v) is 4.96. The Morgan fingerprint density at radius 3 is 1.93 bits per heavy atom. The van der Waals surface area contributed by atoms with Crippen molar-refractivity contribution in [1.29, 1.82) is 0 Å². The highest BCUT2D eigenvalue weighted by Gasteiger charge is 2.07. The van der Waals surface area contributed by atoms with Crippen molar-refractivity contribution in [2.45, 2.75) is 0 Å². The van der Waals surface area contributed by atoms with Crippen LogP contribution < -0.4 is 0 Å². The first kappa shape index (κ1) is 21.0. The van der Waals surface area contributed by atoms with E-state index in [-0.39, 0.29) is 22.6 Å². The van der Waals surface area contributed by atoms with Crippen molar-refractivity contribution < 1.29 is 9.85 Å². The fourth-order valence-corrected chi connectivity index (χ4v) is 1.57. The van der Waals surface area contributed by atoms with Crippen molar-refractivity contribution in [3.63, 3.8) is 0 Å². The molecular weight excluding hydrogens is 410 g/mol. The first-order valence-electron chi connectivity index (χ1n) is 7.40. The van der Waals surface area contributed by atoms with Gasteiger partial charge in [0.15, 0.2) is 0 Å². The van der Waals surface area contributed by atoms with Crippen LogP contribution >= 0.6 is 11.6 Å². The minimum Gasteiger partial charge on any atom is -0.268 e. The van der Waals surface area contributed by atoms with Gasteiger partial charge in [0.05, 0.1) is 16.4 Å². The molecule has 0 unspecified atom stereocenters. The van der Waals surface area contributed by atoms with Crippen LogP contribution in [-0.2, 0) is 0 Å². The quantitative estimate of drug-likeness (QED) is 0.337. The molecule has 3 aromatic rings. The average Bonchev–Trinajstić information content (AvgIpc) is 3.45. The first-order chi connectivity index (χ1) is 14.0. The highest BCUT2D eigenvalue weighted by atomic mass is 35.5. The lowest BCUT2D eigenvalue weighted by atomic mass is 10.6. The van der Waals surface area contributed by atoms with Gasteiger partial charge in [-0.3, -0.25) is 25.2 Å². The summed E-state index contributed by atoms with van der Waals surface area (Å²) in [6.07, 6.45) is 10.4. The van der Waals surface area contributed by atoms with Gasteiger partial charge in [0.2, 0.25) is 5.28 Å². The van der Waals surface area contributed by atoms with Crippen molar-refractivity contribution in [2.75, 3.05) is 6.54 Å². The van der Waals surface area contributed by atoms with Gasteiger partial charge in [0, 0.05) is 6.21 Å². The predicted octanol–water partition coefficient (Wildman–Crippen LogP) is 1.10. The Balaban J connectivity index is 0.000000173. The number of halogens is 1. The summed E-state index contributed by atoms with van der Waals surface area (Å²) < 4.78 is 1.31. The van der Waals surface area contributed by atoms with Crippen LogP contribution in [0.3, 0.4) is 0 Å². The van der Waals surface area contributed by atoms with Crippen molar-refractivity contribution in [3.05, 3.63) is 63.0 Å². The van der Waals surface area contributed by atoms with E-state index in [9.17, 15) is 20.2 Å². The lowest BCUT2D eigenvalue weighted by Crippen LogP contribution is -2.01. The van der Waals surface area contributed by atoms with Gasteiger partial charge in [-0.25, -0.2) is 29.9 Å². The Labute approximate surface area is 166 Å². The number of nitrogens with zero attached hydrogens (tertiary/aromatic N) is 11. The van der Waals surface area contributed by atoms with Crippen LogP contribution in [-0.4, -0.2) is 63.6 Å². The summed E-state index contributed by atoms with van der Waals surface area (Å²) >= 11 is 5.27. The highest BCUT2D eigenvalue weighted by molar-refractivity contribution is 6.28. The second kappa shape index (κ2) is 10.8. The van der Waals surface area contributed by atoms with E-state index in [0.29, 0.717) is 0 Å². The van der Waals surface area contributed by atoms with E-state index < -0.39 is 9.85 Å². The number of hydrogen-bond acceptors (Lipinski definition) is 12. The second-order valence-electron chi connectivity index (χ2n) is 4.62. The van der Waals surface area contributed by atoms with Gasteiger partial charge in [-0.15, -0.1) is 0 Å². The molecule has 0 amide bonds. The summed E-state index contributed by atoms with van der Waals surface area (Å²) in [5.41, 5.74) is -0.321. The summed E-state index contributed by atoms with van der Waals surface area (Å²) in [6.45, 7) is 0.778. The minimum absolute atomic E-state index is 0.00519. The number of hydrogen-bond donors (Lipinski definition) is 0. The Bertz CT molecular complexity index is 981. The van der Waals surface area contributed by atoms with Crippen LogP contribution in [0.25, 0.3) is 5.95 Å². The van der Waals surface area contributed by atoms with Crippen LogP contribution in [0.5, 0.6) is 0 Å². The van der Waals surface area contributed by atoms with E-state index in [1.807, 2.05) is 0 Å². The molecule has 4 rings (SSSR count). The molecule has 29 heavy (non-hydrogen) atoms. The largest absolute Gasteiger partial charge is 0.305 e. The smallest absolute Gasteiger partial charge is 0.268 e. The van der Waals surface area contributed by atoms with Crippen LogP contribution in [0.15, 0.2) is 47.4 Å². The minimum atomic E-state index is -0.587. The van der Waals surface area contributed by atoms with Crippen LogP contribution in [0, 0.1) is 20.2 Å². The molecule has 0 N–H and O–H groups in total. The van der Waals surface area contributed by atoms with E-state index >= 15 is 0 Å². The monoisotopic (exact) mass is 419 g/mol. The first-order valence-corrected chi connectivity index (χ1v) is 7.78. The number of aliphatic imine (C=N–C) groups is 2. The zero-order valence-corrected chi connectivity index (χ0v) is 15.0. The summed E-state index contributed by atoms with van der Waals surface area (Å²) in [6, 6.07) is 0. The number of aromatic nitrogens is 7. The molecule has 1 aliphatic heterocycles. The van der Waals surface area contributed by atoms with Gasteiger partial charge in [0.1, 0.15) is 43.8 Å². The third kappa shape index (κ3) is 7.10. The summed E-state index contributed by atoms with van der Waals surface area (Å²) in [7, 11) is 0. The molecular formula is C13H10ClN11O4. The van der Waals surface area contributed by atoms with Crippen LogP contribution in [0.4, 0.5) is 11.4 Å². The highest BCUT2D eigenvalue weighted by Crippen LogP contribution is 2.08. The SMILES string of the molecule is C1=NC=NC1.O=[N+]([O-])c1cnc(-n2cncn2)nc1.O=[N+]([O-])c1cnc(Cl)nc1. The van der Waals surface area contributed by atoms with E-state index in [2.05, 4.69) is 40.0 Å². The maximum atomic E-state index is 10.3. The maximum Gasteiger partial charge on any atom is 0.305 e. The zero-order valence-electron chi connectivity index (χ0n) is 14.3. The fourth-order valence-electron chi connectivity index (χ4n) is 1.47. The average molecular weight is 420 g/mol. The molecule has 4 heterocycles. The summed E-state index contributed by atoms with van der Waals surface area (Å²) in [4.78, 5) is 44.6. The van der Waals surface area contributed by atoms with Gasteiger partial charge in [-0.2, -0.15) is 9.78 Å². The third-order valence-corrected chi connectivity index (χ3v) is 2.91. The van der Waals surface area contributed by atoms with Crippen LogP contribution in [0.1, 0.15) is 0 Å². The van der Waals surface area contributed by atoms with Crippen molar-refractivity contribution >= 4 is 35.5 Å². The molecule has 0 atom stereocenters. The molecule has 0 bridgehead atoms. The molecule has 0 spiro atoms. The number of rotatable bonds is 3. The molecule has 0 saturated carbocycles. The zero-order chi connectivity index (χ0) is 21.1. The topological polar surface area (TPSA) is 193 Å². The summed E-state index contributed by atoms with van der Waals surface area (Å²) in [5.74, 6) is 0.244. The Morgan fingerprint density at radius 2 is 1.55 bits per heavy atom. The summed E-state index contributed by atoms with van der Waals surface area (Å²) in [5, 5.41) is 24.1. The molecule has 0 saturated heterocycles. The molecule has 148 valence electrons. The lowest BCUT2D eigenvalue weighted by Gasteiger charge is -1.95. The van der Waals surface area contributed by atoms with Gasteiger partial charge >= 0.3 is 11.4 Å². The molecule has 0 fully saturated rings. The standard InChI is InChI=1S/C6H4N6O2.C4H2ClN3O2.C3H4N2/c13-12(14)5-1-8-6(9-2-5)11-4-7-3-10-11;5-4-6-1-3(2-7-4)8(9)10;1-2-5-3-4-1/h1-4H;1-2H;1,3H,2H2. The lowest BCUT2D eigenvalue weighted by molar-refractivity contribution is -0.385. The van der Waals surface area contributed by atoms with Crippen LogP contribution in [0.2, 0.25) is 5.28 Å². The predicted molar refractivity (Wildman–Crippen MR) is 99.2 cm³/mol. The molecule has 0 aliphatic carbocycles. The van der Waals surface area contributed by atoms with E-state index in [1.54, 1.807) is 12.6 Å². The normalized spacial score (nSPS) is 11.1. The molecule has 16 heteroatoms. The molecule has 0 radical (unpaired) electrons. The van der Waals surface area contributed by atoms with Gasteiger partial charge in [-0.1, -0.05) is 0 Å². The van der Waals surface area contributed by atoms with Gasteiger partial charge in [-0.05, 0) is 11.6 Å².